The van der Waals surface area contributed by atoms with Crippen molar-refractivity contribution in [3.8, 4) is 11.4 Å². The minimum atomic E-state index is 0.0204. The monoisotopic (exact) mass is 456 g/mol. The van der Waals surface area contributed by atoms with Crippen molar-refractivity contribution >= 4 is 28.5 Å². The number of anilines is 1. The van der Waals surface area contributed by atoms with Gasteiger partial charge in [-0.15, -0.1) is 0 Å². The number of benzene rings is 2. The molecule has 176 valence electrons. The topological polar surface area (TPSA) is 86.9 Å². The van der Waals surface area contributed by atoms with Crippen molar-refractivity contribution in [2.24, 2.45) is 17.8 Å². The van der Waals surface area contributed by atoms with Crippen LogP contribution in [0.25, 0.3) is 22.4 Å². The van der Waals surface area contributed by atoms with Crippen LogP contribution in [0.2, 0.25) is 0 Å². The van der Waals surface area contributed by atoms with Gasteiger partial charge in [0.1, 0.15) is 5.82 Å². The van der Waals surface area contributed by atoms with Crippen molar-refractivity contribution in [1.82, 2.24) is 15.3 Å². The van der Waals surface area contributed by atoms with E-state index in [4.69, 9.17) is 4.98 Å². The van der Waals surface area contributed by atoms with E-state index >= 15 is 0 Å². The molecule has 2 aromatic carbocycles. The molecule has 1 unspecified atom stereocenters. The Bertz CT molecular complexity index is 1210. The first kappa shape index (κ1) is 21.4. The first-order valence-corrected chi connectivity index (χ1v) is 12.8. The van der Waals surface area contributed by atoms with E-state index in [0.29, 0.717) is 17.5 Å². The number of carbonyl (C=O) groups excluding carboxylic acids is 2. The molecule has 0 saturated heterocycles. The summed E-state index contributed by atoms with van der Waals surface area (Å²) in [5.41, 5.74) is 4.15. The molecule has 3 N–H and O–H groups in total. The summed E-state index contributed by atoms with van der Waals surface area (Å²) in [5, 5.41) is 6.34. The van der Waals surface area contributed by atoms with Crippen LogP contribution in [-0.2, 0) is 4.79 Å². The number of carbonyl (C=O) groups is 2. The second-order valence-electron chi connectivity index (χ2n) is 10.5. The normalized spacial score (nSPS) is 24.4. The summed E-state index contributed by atoms with van der Waals surface area (Å²) in [4.78, 5) is 33.4. The van der Waals surface area contributed by atoms with E-state index in [2.05, 4.69) is 15.6 Å². The van der Waals surface area contributed by atoms with Crippen LogP contribution in [0.1, 0.15) is 68.1 Å². The van der Waals surface area contributed by atoms with Crippen LogP contribution in [0.15, 0.2) is 42.5 Å². The third kappa shape index (κ3) is 4.22. The Balaban J connectivity index is 1.13. The lowest BCUT2D eigenvalue weighted by Gasteiger charge is -2.22. The third-order valence-electron chi connectivity index (χ3n) is 8.20. The lowest BCUT2D eigenvalue weighted by Crippen LogP contribution is -2.38. The number of amides is 2. The molecule has 3 aliphatic rings. The molecule has 3 aromatic rings. The summed E-state index contributed by atoms with van der Waals surface area (Å²) < 4.78 is 0. The smallest absolute Gasteiger partial charge is 0.251 e. The molecule has 3 saturated carbocycles. The Morgan fingerprint density at radius 1 is 0.912 bits per heavy atom. The van der Waals surface area contributed by atoms with E-state index in [1.54, 1.807) is 0 Å². The zero-order valence-corrected chi connectivity index (χ0v) is 19.5. The molecule has 2 bridgehead atoms. The van der Waals surface area contributed by atoms with Crippen molar-refractivity contribution in [1.29, 1.82) is 0 Å². The van der Waals surface area contributed by atoms with Crippen LogP contribution in [0, 0.1) is 17.8 Å². The summed E-state index contributed by atoms with van der Waals surface area (Å²) in [6, 6.07) is 13.8. The molecule has 1 heterocycles. The molecule has 1 aromatic heterocycles. The molecular weight excluding hydrogens is 424 g/mol. The van der Waals surface area contributed by atoms with Crippen molar-refractivity contribution in [2.45, 2.75) is 63.8 Å². The van der Waals surface area contributed by atoms with Gasteiger partial charge in [0, 0.05) is 28.8 Å². The van der Waals surface area contributed by atoms with Crippen molar-refractivity contribution in [3.05, 3.63) is 48.0 Å². The Morgan fingerprint density at radius 3 is 2.47 bits per heavy atom. The predicted molar refractivity (Wildman–Crippen MR) is 133 cm³/mol. The average Bonchev–Trinajstić information content (AvgIpc) is 3.60. The SMILES string of the molecule is O=C(NC1C[C@H]2CC[C@@H]1C2)c1ccc(-c2nc3ccc(NC(=O)C4CCCCC4)cc3[nH]2)cc1. The van der Waals surface area contributed by atoms with Crippen LogP contribution >= 0.6 is 0 Å². The molecule has 2 amide bonds. The lowest BCUT2D eigenvalue weighted by molar-refractivity contribution is -0.120. The van der Waals surface area contributed by atoms with Gasteiger partial charge in [0.2, 0.25) is 5.91 Å². The zero-order chi connectivity index (χ0) is 23.1. The summed E-state index contributed by atoms with van der Waals surface area (Å²) in [5.74, 6) is 2.50. The number of fused-ring (bicyclic) bond motifs is 3. The maximum atomic E-state index is 12.7. The van der Waals surface area contributed by atoms with Gasteiger partial charge < -0.3 is 15.6 Å². The van der Waals surface area contributed by atoms with Crippen LogP contribution in [0.5, 0.6) is 0 Å². The van der Waals surface area contributed by atoms with Gasteiger partial charge in [-0.3, -0.25) is 9.59 Å². The lowest BCUT2D eigenvalue weighted by atomic mass is 9.88. The van der Waals surface area contributed by atoms with Crippen LogP contribution in [0.4, 0.5) is 5.69 Å². The third-order valence-corrected chi connectivity index (χ3v) is 8.20. The van der Waals surface area contributed by atoms with Gasteiger partial charge in [-0.25, -0.2) is 4.98 Å². The second-order valence-corrected chi connectivity index (χ2v) is 10.5. The highest BCUT2D eigenvalue weighted by molar-refractivity contribution is 5.96. The predicted octanol–water partition coefficient (Wildman–Crippen LogP) is 5.67. The van der Waals surface area contributed by atoms with Crippen LogP contribution in [0.3, 0.4) is 0 Å². The number of aromatic nitrogens is 2. The maximum absolute atomic E-state index is 12.7. The molecule has 6 heteroatoms. The molecule has 6 rings (SSSR count). The Morgan fingerprint density at radius 2 is 1.74 bits per heavy atom. The number of hydrogen-bond donors (Lipinski definition) is 3. The Kier molecular flexibility index (Phi) is 5.60. The van der Waals surface area contributed by atoms with E-state index in [1.807, 2.05) is 42.5 Å². The van der Waals surface area contributed by atoms with E-state index in [-0.39, 0.29) is 17.7 Å². The second kappa shape index (κ2) is 8.90. The molecule has 0 spiro atoms. The first-order chi connectivity index (χ1) is 16.6. The van der Waals surface area contributed by atoms with Gasteiger partial charge >= 0.3 is 0 Å². The minimum absolute atomic E-state index is 0.0204. The molecule has 6 nitrogen and oxygen atoms in total. The quantitative estimate of drug-likeness (QED) is 0.462. The largest absolute Gasteiger partial charge is 0.349 e. The standard InChI is InChI=1S/C28H32N4O2/c33-27(19-4-2-1-3-5-19)29-22-12-13-23-25(16-22)31-26(30-23)18-8-10-20(11-9-18)28(34)32-24-15-17-6-7-21(24)14-17/h8-13,16-17,19,21,24H,1-7,14-15H2,(H,29,33)(H,30,31)(H,32,34)/t17-,21+,24?/m0/s1. The fourth-order valence-electron chi connectivity index (χ4n) is 6.29. The first-order valence-electron chi connectivity index (χ1n) is 12.8. The van der Waals surface area contributed by atoms with E-state index in [0.717, 1.165) is 66.1 Å². The summed E-state index contributed by atoms with van der Waals surface area (Å²) in [6.45, 7) is 0. The Hall–Kier alpha value is -3.15. The van der Waals surface area contributed by atoms with Gasteiger partial charge in [-0.2, -0.15) is 0 Å². The Labute approximate surface area is 199 Å². The minimum Gasteiger partial charge on any atom is -0.349 e. The number of rotatable bonds is 5. The van der Waals surface area contributed by atoms with E-state index < -0.39 is 0 Å². The van der Waals surface area contributed by atoms with Gasteiger partial charge in [0.05, 0.1) is 11.0 Å². The highest BCUT2D eigenvalue weighted by Gasteiger charge is 2.40. The average molecular weight is 457 g/mol. The number of imidazole rings is 1. The fraction of sp³-hybridized carbons (Fsp3) is 0.464. The summed E-state index contributed by atoms with van der Waals surface area (Å²) in [7, 11) is 0. The molecule has 3 fully saturated rings. The highest BCUT2D eigenvalue weighted by atomic mass is 16.2. The summed E-state index contributed by atoms with van der Waals surface area (Å²) >= 11 is 0. The summed E-state index contributed by atoms with van der Waals surface area (Å²) in [6.07, 6.45) is 10.5. The van der Waals surface area contributed by atoms with Gasteiger partial charge in [0.15, 0.2) is 0 Å². The molecule has 34 heavy (non-hydrogen) atoms. The van der Waals surface area contributed by atoms with Crippen molar-refractivity contribution in [3.63, 3.8) is 0 Å². The molecule has 3 atom stereocenters. The maximum Gasteiger partial charge on any atom is 0.251 e. The molecule has 0 aliphatic heterocycles. The molecule has 0 radical (unpaired) electrons. The highest BCUT2D eigenvalue weighted by Crippen LogP contribution is 2.44. The van der Waals surface area contributed by atoms with E-state index in [1.165, 1.54) is 25.7 Å². The van der Waals surface area contributed by atoms with Gasteiger partial charge in [0.25, 0.3) is 5.91 Å². The van der Waals surface area contributed by atoms with Crippen molar-refractivity contribution in [2.75, 3.05) is 5.32 Å². The number of nitrogens with one attached hydrogen (secondary N) is 3. The van der Waals surface area contributed by atoms with E-state index in [9.17, 15) is 9.59 Å². The molecule has 3 aliphatic carbocycles. The fourth-order valence-corrected chi connectivity index (χ4v) is 6.29. The zero-order valence-electron chi connectivity index (χ0n) is 19.5. The van der Waals surface area contributed by atoms with Crippen LogP contribution < -0.4 is 10.6 Å². The van der Waals surface area contributed by atoms with Gasteiger partial charge in [-0.1, -0.05) is 37.8 Å². The number of H-pyrrole nitrogens is 1. The number of nitrogens with zero attached hydrogens (tertiary/aromatic N) is 1. The number of aromatic amines is 1. The van der Waals surface area contributed by atoms with Crippen molar-refractivity contribution < 1.29 is 9.59 Å². The van der Waals surface area contributed by atoms with Crippen LogP contribution in [-0.4, -0.2) is 27.8 Å². The van der Waals surface area contributed by atoms with Gasteiger partial charge in [-0.05, 0) is 74.3 Å². The number of hydrogen-bond acceptors (Lipinski definition) is 3. The molecular formula is C28H32N4O2.